The minimum Gasteiger partial charge on any atom is -0.299 e. The molecule has 1 heterocycles. The van der Waals surface area contributed by atoms with Crippen LogP contribution in [0.2, 0.25) is 0 Å². The second-order valence-corrected chi connectivity index (χ2v) is 5.36. The average molecular weight is 232 g/mol. The standard InChI is InChI=1S/C15H24N2/c1-3-13-6-8-15(9-7-13)17(2)12-14-5-4-10-16-11-14/h4-5,10-11,13,15H,3,6-9,12H2,1-2H3. The number of rotatable bonds is 4. The molecular weight excluding hydrogens is 208 g/mol. The van der Waals surface area contributed by atoms with Gasteiger partial charge in [-0.3, -0.25) is 9.88 Å². The Kier molecular flexibility index (Phi) is 4.55. The predicted octanol–water partition coefficient (Wildman–Crippen LogP) is 3.48. The van der Waals surface area contributed by atoms with Crippen LogP contribution in [0.1, 0.15) is 44.6 Å². The Morgan fingerprint density at radius 3 is 2.65 bits per heavy atom. The summed E-state index contributed by atoms with van der Waals surface area (Å²) in [6.45, 7) is 3.36. The third kappa shape index (κ3) is 3.53. The number of aromatic nitrogens is 1. The van der Waals surface area contributed by atoms with E-state index in [1.807, 2.05) is 18.5 Å². The largest absolute Gasteiger partial charge is 0.299 e. The quantitative estimate of drug-likeness (QED) is 0.790. The molecule has 0 aliphatic heterocycles. The average Bonchev–Trinajstić information content (AvgIpc) is 2.40. The summed E-state index contributed by atoms with van der Waals surface area (Å²) < 4.78 is 0. The zero-order valence-corrected chi connectivity index (χ0v) is 11.1. The lowest BCUT2D eigenvalue weighted by Crippen LogP contribution is -2.34. The Morgan fingerprint density at radius 2 is 2.06 bits per heavy atom. The van der Waals surface area contributed by atoms with Crippen LogP contribution >= 0.6 is 0 Å². The molecule has 2 nitrogen and oxygen atoms in total. The van der Waals surface area contributed by atoms with Crippen LogP contribution in [0, 0.1) is 5.92 Å². The fourth-order valence-corrected chi connectivity index (χ4v) is 2.90. The van der Waals surface area contributed by atoms with Crippen molar-refractivity contribution in [1.29, 1.82) is 0 Å². The van der Waals surface area contributed by atoms with E-state index in [4.69, 9.17) is 0 Å². The van der Waals surface area contributed by atoms with Crippen molar-refractivity contribution in [3.8, 4) is 0 Å². The van der Waals surface area contributed by atoms with Crippen molar-refractivity contribution in [2.24, 2.45) is 5.92 Å². The van der Waals surface area contributed by atoms with Gasteiger partial charge in [-0.05, 0) is 50.3 Å². The molecule has 0 unspecified atom stereocenters. The van der Waals surface area contributed by atoms with Gasteiger partial charge >= 0.3 is 0 Å². The summed E-state index contributed by atoms with van der Waals surface area (Å²) >= 11 is 0. The molecule has 1 aromatic rings. The summed E-state index contributed by atoms with van der Waals surface area (Å²) in [6, 6.07) is 4.97. The zero-order chi connectivity index (χ0) is 12.1. The first-order valence-corrected chi connectivity index (χ1v) is 6.88. The molecule has 1 saturated carbocycles. The third-order valence-corrected chi connectivity index (χ3v) is 4.17. The zero-order valence-electron chi connectivity index (χ0n) is 11.1. The Balaban J connectivity index is 1.83. The topological polar surface area (TPSA) is 16.1 Å². The molecule has 0 saturated heterocycles. The molecule has 0 spiro atoms. The van der Waals surface area contributed by atoms with Gasteiger partial charge in [0.2, 0.25) is 0 Å². The molecule has 1 aliphatic carbocycles. The molecule has 0 amide bonds. The fourth-order valence-electron chi connectivity index (χ4n) is 2.90. The highest BCUT2D eigenvalue weighted by Crippen LogP contribution is 2.29. The lowest BCUT2D eigenvalue weighted by molar-refractivity contribution is 0.157. The smallest absolute Gasteiger partial charge is 0.0312 e. The maximum atomic E-state index is 4.18. The number of hydrogen-bond acceptors (Lipinski definition) is 2. The van der Waals surface area contributed by atoms with Crippen molar-refractivity contribution < 1.29 is 0 Å². The van der Waals surface area contributed by atoms with Gasteiger partial charge in [-0.25, -0.2) is 0 Å². The molecule has 1 aromatic heterocycles. The van der Waals surface area contributed by atoms with Crippen LogP contribution in [-0.2, 0) is 6.54 Å². The fraction of sp³-hybridized carbons (Fsp3) is 0.667. The summed E-state index contributed by atoms with van der Waals surface area (Å²) in [5.41, 5.74) is 1.33. The van der Waals surface area contributed by atoms with Crippen LogP contribution < -0.4 is 0 Å². The Bertz CT molecular complexity index is 315. The summed E-state index contributed by atoms with van der Waals surface area (Å²) in [6.07, 6.45) is 10.8. The first-order valence-electron chi connectivity index (χ1n) is 6.88. The summed E-state index contributed by atoms with van der Waals surface area (Å²) in [4.78, 5) is 6.68. The van der Waals surface area contributed by atoms with E-state index in [-0.39, 0.29) is 0 Å². The highest BCUT2D eigenvalue weighted by atomic mass is 15.1. The SMILES string of the molecule is CCC1CCC(N(C)Cc2cccnc2)CC1. The van der Waals surface area contributed by atoms with E-state index in [2.05, 4.69) is 29.9 Å². The molecule has 1 aliphatic rings. The van der Waals surface area contributed by atoms with Crippen LogP contribution in [0.3, 0.4) is 0 Å². The van der Waals surface area contributed by atoms with Gasteiger partial charge < -0.3 is 0 Å². The van der Waals surface area contributed by atoms with Crippen molar-refractivity contribution in [2.75, 3.05) is 7.05 Å². The molecular formula is C15H24N2. The Morgan fingerprint density at radius 1 is 1.29 bits per heavy atom. The molecule has 17 heavy (non-hydrogen) atoms. The Labute approximate surface area is 105 Å². The summed E-state index contributed by atoms with van der Waals surface area (Å²) in [5, 5.41) is 0. The van der Waals surface area contributed by atoms with Crippen LogP contribution in [0.4, 0.5) is 0 Å². The van der Waals surface area contributed by atoms with E-state index in [1.54, 1.807) is 0 Å². The van der Waals surface area contributed by atoms with Crippen LogP contribution in [-0.4, -0.2) is 23.0 Å². The summed E-state index contributed by atoms with van der Waals surface area (Å²) in [7, 11) is 2.25. The van der Waals surface area contributed by atoms with Crippen molar-refractivity contribution in [1.82, 2.24) is 9.88 Å². The second-order valence-electron chi connectivity index (χ2n) is 5.36. The van der Waals surface area contributed by atoms with E-state index < -0.39 is 0 Å². The molecule has 1 fully saturated rings. The lowest BCUT2D eigenvalue weighted by atomic mass is 9.84. The van der Waals surface area contributed by atoms with E-state index in [0.717, 1.165) is 18.5 Å². The molecule has 2 rings (SSSR count). The number of nitrogens with zero attached hydrogens (tertiary/aromatic N) is 2. The molecule has 94 valence electrons. The van der Waals surface area contributed by atoms with Gasteiger partial charge in [0, 0.05) is 25.0 Å². The third-order valence-electron chi connectivity index (χ3n) is 4.17. The Hall–Kier alpha value is -0.890. The number of hydrogen-bond donors (Lipinski definition) is 0. The van der Waals surface area contributed by atoms with Gasteiger partial charge in [-0.15, -0.1) is 0 Å². The monoisotopic (exact) mass is 232 g/mol. The van der Waals surface area contributed by atoms with E-state index in [1.165, 1.54) is 37.7 Å². The molecule has 0 N–H and O–H groups in total. The lowest BCUT2D eigenvalue weighted by Gasteiger charge is -2.34. The van der Waals surface area contributed by atoms with E-state index >= 15 is 0 Å². The van der Waals surface area contributed by atoms with Crippen LogP contribution in [0.15, 0.2) is 24.5 Å². The summed E-state index contributed by atoms with van der Waals surface area (Å²) in [5.74, 6) is 0.984. The maximum absolute atomic E-state index is 4.18. The molecule has 2 heteroatoms. The van der Waals surface area contributed by atoms with Crippen molar-refractivity contribution in [3.63, 3.8) is 0 Å². The number of pyridine rings is 1. The molecule has 0 aromatic carbocycles. The second kappa shape index (κ2) is 6.15. The molecule has 0 bridgehead atoms. The predicted molar refractivity (Wildman–Crippen MR) is 71.7 cm³/mol. The van der Waals surface area contributed by atoms with Crippen molar-refractivity contribution >= 4 is 0 Å². The van der Waals surface area contributed by atoms with Gasteiger partial charge in [0.05, 0.1) is 0 Å². The van der Waals surface area contributed by atoms with Gasteiger partial charge in [0.25, 0.3) is 0 Å². The van der Waals surface area contributed by atoms with Gasteiger partial charge in [0.15, 0.2) is 0 Å². The first kappa shape index (κ1) is 12.6. The van der Waals surface area contributed by atoms with Crippen LogP contribution in [0.25, 0.3) is 0 Å². The van der Waals surface area contributed by atoms with Gasteiger partial charge in [-0.2, -0.15) is 0 Å². The highest BCUT2D eigenvalue weighted by Gasteiger charge is 2.22. The van der Waals surface area contributed by atoms with E-state index in [9.17, 15) is 0 Å². The van der Waals surface area contributed by atoms with Crippen LogP contribution in [0.5, 0.6) is 0 Å². The minimum absolute atomic E-state index is 0.776. The highest BCUT2D eigenvalue weighted by molar-refractivity contribution is 5.08. The minimum atomic E-state index is 0.776. The van der Waals surface area contributed by atoms with Crippen molar-refractivity contribution in [3.05, 3.63) is 30.1 Å². The van der Waals surface area contributed by atoms with Gasteiger partial charge in [0.1, 0.15) is 0 Å². The molecule has 0 radical (unpaired) electrons. The van der Waals surface area contributed by atoms with Gasteiger partial charge in [-0.1, -0.05) is 19.4 Å². The van der Waals surface area contributed by atoms with E-state index in [0.29, 0.717) is 0 Å². The maximum Gasteiger partial charge on any atom is 0.0312 e. The molecule has 0 atom stereocenters. The van der Waals surface area contributed by atoms with Crippen molar-refractivity contribution in [2.45, 2.75) is 51.6 Å². The first-order chi connectivity index (χ1) is 8.29. The normalized spacial score (nSPS) is 25.1.